The minimum Gasteiger partial charge on any atom is -0.493 e. The van der Waals surface area contributed by atoms with E-state index in [1.807, 2.05) is 45.0 Å². The summed E-state index contributed by atoms with van der Waals surface area (Å²) in [5, 5.41) is 2.83. The van der Waals surface area contributed by atoms with Gasteiger partial charge in [-0.05, 0) is 50.1 Å². The van der Waals surface area contributed by atoms with E-state index < -0.39 is 0 Å². The highest BCUT2D eigenvalue weighted by atomic mass is 16.5. The first-order valence-corrected chi connectivity index (χ1v) is 8.90. The number of amides is 1. The number of carbonyl (C=O) groups is 1. The van der Waals surface area contributed by atoms with Gasteiger partial charge in [0.05, 0.1) is 19.8 Å². The van der Waals surface area contributed by atoms with Crippen LogP contribution in [-0.2, 0) is 11.3 Å². The highest BCUT2D eigenvalue weighted by Gasteiger charge is 2.05. The van der Waals surface area contributed by atoms with Crippen LogP contribution in [0.4, 0.5) is 0 Å². The van der Waals surface area contributed by atoms with E-state index in [-0.39, 0.29) is 12.0 Å². The average molecular weight is 370 g/mol. The normalized spacial score (nSPS) is 10.9. The van der Waals surface area contributed by atoms with E-state index in [4.69, 9.17) is 14.2 Å². The van der Waals surface area contributed by atoms with Gasteiger partial charge in [-0.25, -0.2) is 4.98 Å². The Hall–Kier alpha value is -3.02. The standard InChI is InChI=1S/C21H26N2O4/c1-5-26-18-9-6-16(12-19(18)25-4)7-10-20(24)22-13-17-8-11-21(23-14-17)27-15(2)3/h6-12,14-15H,5,13H2,1-4H3,(H,22,24). The molecule has 0 aliphatic heterocycles. The van der Waals surface area contributed by atoms with Crippen molar-refractivity contribution in [2.45, 2.75) is 33.4 Å². The third kappa shape index (κ3) is 6.66. The second kappa shape index (κ2) is 10.2. The van der Waals surface area contributed by atoms with Gasteiger partial charge in [0, 0.05) is 24.9 Å². The number of carbonyl (C=O) groups excluding carboxylic acids is 1. The molecule has 0 saturated heterocycles. The molecule has 2 rings (SSSR count). The zero-order valence-corrected chi connectivity index (χ0v) is 16.2. The molecule has 0 radical (unpaired) electrons. The van der Waals surface area contributed by atoms with Gasteiger partial charge < -0.3 is 19.5 Å². The van der Waals surface area contributed by atoms with Gasteiger partial charge in [0.25, 0.3) is 0 Å². The number of benzene rings is 1. The molecule has 1 aromatic carbocycles. The number of methoxy groups -OCH3 is 1. The van der Waals surface area contributed by atoms with Crippen molar-refractivity contribution in [2.75, 3.05) is 13.7 Å². The van der Waals surface area contributed by atoms with Gasteiger partial charge >= 0.3 is 0 Å². The van der Waals surface area contributed by atoms with Gasteiger partial charge in [-0.1, -0.05) is 12.1 Å². The SMILES string of the molecule is CCOc1ccc(C=CC(=O)NCc2ccc(OC(C)C)nc2)cc1OC. The summed E-state index contributed by atoms with van der Waals surface area (Å²) in [4.78, 5) is 16.2. The number of nitrogens with one attached hydrogen (secondary N) is 1. The first-order valence-electron chi connectivity index (χ1n) is 8.90. The number of hydrogen-bond donors (Lipinski definition) is 1. The summed E-state index contributed by atoms with van der Waals surface area (Å²) in [7, 11) is 1.59. The summed E-state index contributed by atoms with van der Waals surface area (Å²) in [6, 6.07) is 9.20. The molecule has 0 atom stereocenters. The lowest BCUT2D eigenvalue weighted by Crippen LogP contribution is -2.20. The van der Waals surface area contributed by atoms with Gasteiger partial charge in [0.15, 0.2) is 11.5 Å². The summed E-state index contributed by atoms with van der Waals surface area (Å²) in [5.74, 6) is 1.70. The third-order valence-electron chi connectivity index (χ3n) is 3.54. The van der Waals surface area contributed by atoms with Crippen molar-refractivity contribution in [1.29, 1.82) is 0 Å². The van der Waals surface area contributed by atoms with Crippen LogP contribution < -0.4 is 19.5 Å². The first-order chi connectivity index (χ1) is 13.0. The van der Waals surface area contributed by atoms with Crippen LogP contribution >= 0.6 is 0 Å². The molecule has 0 saturated carbocycles. The molecule has 0 fully saturated rings. The van der Waals surface area contributed by atoms with Crippen LogP contribution in [0.1, 0.15) is 31.9 Å². The van der Waals surface area contributed by atoms with E-state index >= 15 is 0 Å². The van der Waals surface area contributed by atoms with Crippen molar-refractivity contribution in [3.8, 4) is 17.4 Å². The number of nitrogens with zero attached hydrogens (tertiary/aromatic N) is 1. The van der Waals surface area contributed by atoms with Gasteiger partial charge in [-0.2, -0.15) is 0 Å². The lowest BCUT2D eigenvalue weighted by Gasteiger charge is -2.09. The van der Waals surface area contributed by atoms with E-state index in [2.05, 4.69) is 10.3 Å². The maximum atomic E-state index is 12.0. The van der Waals surface area contributed by atoms with Crippen molar-refractivity contribution >= 4 is 12.0 Å². The molecule has 0 aliphatic carbocycles. The largest absolute Gasteiger partial charge is 0.493 e. The molecule has 1 amide bonds. The molecule has 1 aromatic heterocycles. The molecule has 0 unspecified atom stereocenters. The van der Waals surface area contributed by atoms with Gasteiger partial charge in [0.2, 0.25) is 11.8 Å². The molecule has 1 heterocycles. The van der Waals surface area contributed by atoms with Crippen LogP contribution in [0.3, 0.4) is 0 Å². The second-order valence-corrected chi connectivity index (χ2v) is 6.07. The van der Waals surface area contributed by atoms with E-state index in [0.29, 0.717) is 30.5 Å². The Bertz CT molecular complexity index is 770. The zero-order chi connectivity index (χ0) is 19.6. The lowest BCUT2D eigenvalue weighted by atomic mass is 10.2. The maximum Gasteiger partial charge on any atom is 0.244 e. The van der Waals surface area contributed by atoms with E-state index in [1.54, 1.807) is 25.4 Å². The fourth-order valence-electron chi connectivity index (χ4n) is 2.31. The minimum atomic E-state index is -0.189. The molecule has 1 N–H and O–H groups in total. The molecule has 6 nitrogen and oxygen atoms in total. The van der Waals surface area contributed by atoms with Crippen molar-refractivity contribution in [1.82, 2.24) is 10.3 Å². The summed E-state index contributed by atoms with van der Waals surface area (Å²) in [5.41, 5.74) is 1.75. The second-order valence-electron chi connectivity index (χ2n) is 6.07. The molecule has 6 heteroatoms. The topological polar surface area (TPSA) is 69.7 Å². The van der Waals surface area contributed by atoms with Crippen LogP contribution in [0, 0.1) is 0 Å². The van der Waals surface area contributed by atoms with Crippen molar-refractivity contribution < 1.29 is 19.0 Å². The van der Waals surface area contributed by atoms with E-state index in [9.17, 15) is 4.79 Å². The minimum absolute atomic E-state index is 0.0782. The summed E-state index contributed by atoms with van der Waals surface area (Å²) in [6.07, 6.45) is 4.98. The molecule has 0 bridgehead atoms. The predicted octanol–water partition coefficient (Wildman–Crippen LogP) is 3.61. The zero-order valence-electron chi connectivity index (χ0n) is 16.2. The Morgan fingerprint density at radius 1 is 1.22 bits per heavy atom. The molecular weight excluding hydrogens is 344 g/mol. The van der Waals surface area contributed by atoms with Crippen LogP contribution in [0.5, 0.6) is 17.4 Å². The van der Waals surface area contributed by atoms with Crippen molar-refractivity contribution in [3.05, 3.63) is 53.7 Å². The summed E-state index contributed by atoms with van der Waals surface area (Å²) >= 11 is 0. The Kier molecular flexibility index (Phi) is 7.67. The fourth-order valence-corrected chi connectivity index (χ4v) is 2.31. The van der Waals surface area contributed by atoms with Crippen LogP contribution in [0.15, 0.2) is 42.6 Å². The van der Waals surface area contributed by atoms with E-state index in [1.165, 1.54) is 6.08 Å². The van der Waals surface area contributed by atoms with Crippen LogP contribution in [-0.4, -0.2) is 30.7 Å². The van der Waals surface area contributed by atoms with Crippen LogP contribution in [0.25, 0.3) is 6.08 Å². The molecule has 2 aromatic rings. The quantitative estimate of drug-likeness (QED) is 0.683. The van der Waals surface area contributed by atoms with Crippen LogP contribution in [0.2, 0.25) is 0 Å². The summed E-state index contributed by atoms with van der Waals surface area (Å²) in [6.45, 7) is 6.76. The molecule has 0 aliphatic rings. The number of pyridine rings is 1. The number of hydrogen-bond acceptors (Lipinski definition) is 5. The Labute approximate surface area is 160 Å². The Balaban J connectivity index is 1.89. The number of aromatic nitrogens is 1. The van der Waals surface area contributed by atoms with Crippen molar-refractivity contribution in [3.63, 3.8) is 0 Å². The number of ether oxygens (including phenoxy) is 3. The molecule has 27 heavy (non-hydrogen) atoms. The number of rotatable bonds is 9. The van der Waals surface area contributed by atoms with E-state index in [0.717, 1.165) is 11.1 Å². The summed E-state index contributed by atoms with van der Waals surface area (Å²) < 4.78 is 16.3. The molecular formula is C21H26N2O4. The van der Waals surface area contributed by atoms with Gasteiger partial charge in [-0.15, -0.1) is 0 Å². The monoisotopic (exact) mass is 370 g/mol. The van der Waals surface area contributed by atoms with Gasteiger partial charge in [0.1, 0.15) is 0 Å². The molecule has 0 spiro atoms. The Morgan fingerprint density at radius 3 is 2.67 bits per heavy atom. The van der Waals surface area contributed by atoms with Crippen molar-refractivity contribution in [2.24, 2.45) is 0 Å². The first kappa shape index (κ1) is 20.3. The average Bonchev–Trinajstić information content (AvgIpc) is 2.66. The Morgan fingerprint density at radius 2 is 2.04 bits per heavy atom. The van der Waals surface area contributed by atoms with Gasteiger partial charge in [-0.3, -0.25) is 4.79 Å². The highest BCUT2D eigenvalue weighted by molar-refractivity contribution is 5.91. The smallest absolute Gasteiger partial charge is 0.244 e. The predicted molar refractivity (Wildman–Crippen MR) is 105 cm³/mol. The highest BCUT2D eigenvalue weighted by Crippen LogP contribution is 2.28. The molecule has 144 valence electrons. The maximum absolute atomic E-state index is 12.0. The fraction of sp³-hybridized carbons (Fsp3) is 0.333. The lowest BCUT2D eigenvalue weighted by molar-refractivity contribution is -0.116. The third-order valence-corrected chi connectivity index (χ3v) is 3.54.